The van der Waals surface area contributed by atoms with Gasteiger partial charge in [0.05, 0.1) is 13.2 Å². The zero-order valence-electron chi connectivity index (χ0n) is 9.90. The summed E-state index contributed by atoms with van der Waals surface area (Å²) in [6, 6.07) is 8.27. The van der Waals surface area contributed by atoms with Gasteiger partial charge in [-0.3, -0.25) is 4.79 Å². The van der Waals surface area contributed by atoms with Crippen molar-refractivity contribution in [1.29, 1.82) is 0 Å². The standard InChI is InChI=1S/C14H18O2/c1-10(2)14(15)7-12-9-16-8-11-5-3-4-6-13(11)12/h3-6,10,12H,7-9H2,1-2H3. The Morgan fingerprint density at radius 1 is 1.44 bits per heavy atom. The van der Waals surface area contributed by atoms with Gasteiger partial charge in [0, 0.05) is 18.3 Å². The molecule has 0 amide bonds. The molecule has 1 aliphatic rings. The number of ketones is 1. The molecule has 0 fully saturated rings. The zero-order chi connectivity index (χ0) is 11.5. The fourth-order valence-electron chi connectivity index (χ4n) is 2.11. The number of rotatable bonds is 3. The van der Waals surface area contributed by atoms with Crippen molar-refractivity contribution in [1.82, 2.24) is 0 Å². The largest absolute Gasteiger partial charge is 0.376 e. The Morgan fingerprint density at radius 3 is 2.94 bits per heavy atom. The summed E-state index contributed by atoms with van der Waals surface area (Å²) in [5, 5.41) is 0. The van der Waals surface area contributed by atoms with Crippen molar-refractivity contribution in [3.8, 4) is 0 Å². The Morgan fingerprint density at radius 2 is 2.19 bits per heavy atom. The van der Waals surface area contributed by atoms with Crippen molar-refractivity contribution in [2.75, 3.05) is 6.61 Å². The molecule has 1 aromatic carbocycles. The topological polar surface area (TPSA) is 26.3 Å². The lowest BCUT2D eigenvalue weighted by atomic mass is 9.87. The molecule has 0 aliphatic carbocycles. The van der Waals surface area contributed by atoms with Crippen LogP contribution in [0.2, 0.25) is 0 Å². The summed E-state index contributed by atoms with van der Waals surface area (Å²) in [5.74, 6) is 0.694. The van der Waals surface area contributed by atoms with Crippen molar-refractivity contribution in [2.45, 2.75) is 32.8 Å². The molecule has 0 bridgehead atoms. The van der Waals surface area contributed by atoms with E-state index in [4.69, 9.17) is 4.74 Å². The molecular formula is C14H18O2. The van der Waals surface area contributed by atoms with Gasteiger partial charge in [-0.1, -0.05) is 38.1 Å². The molecular weight excluding hydrogens is 200 g/mol. The average molecular weight is 218 g/mol. The molecule has 0 radical (unpaired) electrons. The van der Waals surface area contributed by atoms with Gasteiger partial charge in [0.15, 0.2) is 0 Å². The van der Waals surface area contributed by atoms with Crippen LogP contribution in [0, 0.1) is 5.92 Å². The third-order valence-electron chi connectivity index (χ3n) is 3.16. The van der Waals surface area contributed by atoms with Crippen molar-refractivity contribution in [3.05, 3.63) is 35.4 Å². The Labute approximate surface area is 96.6 Å². The van der Waals surface area contributed by atoms with E-state index >= 15 is 0 Å². The summed E-state index contributed by atoms with van der Waals surface area (Å²) in [4.78, 5) is 11.8. The van der Waals surface area contributed by atoms with Gasteiger partial charge in [0.25, 0.3) is 0 Å². The normalized spacial score (nSPS) is 19.6. The molecule has 1 aromatic rings. The average Bonchev–Trinajstić information content (AvgIpc) is 2.29. The molecule has 0 aromatic heterocycles. The van der Waals surface area contributed by atoms with Crippen molar-refractivity contribution in [2.24, 2.45) is 5.92 Å². The van der Waals surface area contributed by atoms with Crippen LogP contribution in [0.25, 0.3) is 0 Å². The van der Waals surface area contributed by atoms with E-state index in [1.165, 1.54) is 11.1 Å². The lowest BCUT2D eigenvalue weighted by molar-refractivity contribution is -0.122. The fourth-order valence-corrected chi connectivity index (χ4v) is 2.11. The highest BCUT2D eigenvalue weighted by atomic mass is 16.5. The maximum Gasteiger partial charge on any atom is 0.136 e. The third kappa shape index (κ3) is 2.33. The minimum Gasteiger partial charge on any atom is -0.376 e. The molecule has 1 unspecified atom stereocenters. The number of benzene rings is 1. The second-order valence-corrected chi connectivity index (χ2v) is 4.74. The molecule has 1 aliphatic heterocycles. The van der Waals surface area contributed by atoms with Crippen LogP contribution in [-0.4, -0.2) is 12.4 Å². The number of carbonyl (C=O) groups is 1. The van der Waals surface area contributed by atoms with Crippen LogP contribution < -0.4 is 0 Å². The number of hydrogen-bond donors (Lipinski definition) is 0. The molecule has 0 N–H and O–H groups in total. The molecule has 86 valence electrons. The second-order valence-electron chi connectivity index (χ2n) is 4.74. The minimum absolute atomic E-state index is 0.120. The Balaban J connectivity index is 2.16. The van der Waals surface area contributed by atoms with Crippen LogP contribution in [0.15, 0.2) is 24.3 Å². The van der Waals surface area contributed by atoms with E-state index in [9.17, 15) is 4.79 Å². The van der Waals surface area contributed by atoms with Gasteiger partial charge in [0.2, 0.25) is 0 Å². The molecule has 2 nitrogen and oxygen atoms in total. The maximum absolute atomic E-state index is 11.8. The van der Waals surface area contributed by atoms with E-state index in [1.54, 1.807) is 0 Å². The van der Waals surface area contributed by atoms with Crippen molar-refractivity contribution in [3.63, 3.8) is 0 Å². The minimum atomic E-state index is 0.120. The summed E-state index contributed by atoms with van der Waals surface area (Å²) < 4.78 is 5.54. The first kappa shape index (κ1) is 11.3. The predicted octanol–water partition coefficient (Wildman–Crippen LogP) is 2.92. The van der Waals surface area contributed by atoms with E-state index < -0.39 is 0 Å². The molecule has 1 atom stereocenters. The van der Waals surface area contributed by atoms with Gasteiger partial charge in [-0.2, -0.15) is 0 Å². The van der Waals surface area contributed by atoms with Gasteiger partial charge in [-0.15, -0.1) is 0 Å². The number of fused-ring (bicyclic) bond motifs is 1. The van der Waals surface area contributed by atoms with Crippen LogP contribution in [-0.2, 0) is 16.1 Å². The quantitative estimate of drug-likeness (QED) is 0.779. The van der Waals surface area contributed by atoms with Crippen molar-refractivity contribution < 1.29 is 9.53 Å². The lowest BCUT2D eigenvalue weighted by Crippen LogP contribution is -2.21. The first-order chi connectivity index (χ1) is 7.68. The van der Waals surface area contributed by atoms with Gasteiger partial charge >= 0.3 is 0 Å². The van der Waals surface area contributed by atoms with Crippen LogP contribution in [0.3, 0.4) is 0 Å². The van der Waals surface area contributed by atoms with E-state index in [2.05, 4.69) is 12.1 Å². The van der Waals surface area contributed by atoms with Crippen molar-refractivity contribution >= 4 is 5.78 Å². The molecule has 0 spiro atoms. The van der Waals surface area contributed by atoms with E-state index in [1.807, 2.05) is 26.0 Å². The summed E-state index contributed by atoms with van der Waals surface area (Å²) in [6.07, 6.45) is 0.606. The highest BCUT2D eigenvalue weighted by Gasteiger charge is 2.23. The number of ether oxygens (including phenoxy) is 1. The number of hydrogen-bond acceptors (Lipinski definition) is 2. The molecule has 0 saturated carbocycles. The molecule has 2 heteroatoms. The van der Waals surface area contributed by atoms with E-state index in [0.29, 0.717) is 25.4 Å². The molecule has 2 rings (SSSR count). The van der Waals surface area contributed by atoms with Gasteiger partial charge in [-0.25, -0.2) is 0 Å². The Hall–Kier alpha value is -1.15. The molecule has 0 saturated heterocycles. The summed E-state index contributed by atoms with van der Waals surface area (Å²) >= 11 is 0. The summed E-state index contributed by atoms with van der Waals surface area (Å²) in [7, 11) is 0. The smallest absolute Gasteiger partial charge is 0.136 e. The zero-order valence-corrected chi connectivity index (χ0v) is 9.90. The van der Waals surface area contributed by atoms with E-state index in [0.717, 1.165) is 0 Å². The third-order valence-corrected chi connectivity index (χ3v) is 3.16. The first-order valence-corrected chi connectivity index (χ1v) is 5.86. The summed E-state index contributed by atoms with van der Waals surface area (Å²) in [5.41, 5.74) is 2.53. The highest BCUT2D eigenvalue weighted by Crippen LogP contribution is 2.29. The first-order valence-electron chi connectivity index (χ1n) is 5.86. The SMILES string of the molecule is CC(C)C(=O)CC1COCc2ccccc21. The van der Waals surface area contributed by atoms with Crippen LogP contribution >= 0.6 is 0 Å². The van der Waals surface area contributed by atoms with Gasteiger partial charge in [0.1, 0.15) is 5.78 Å². The van der Waals surface area contributed by atoms with Gasteiger partial charge < -0.3 is 4.74 Å². The lowest BCUT2D eigenvalue weighted by Gasteiger charge is -2.25. The number of Topliss-reactive ketones (excluding diaryl/α,β-unsaturated/α-hetero) is 1. The monoisotopic (exact) mass is 218 g/mol. The maximum atomic E-state index is 11.8. The van der Waals surface area contributed by atoms with Gasteiger partial charge in [-0.05, 0) is 11.1 Å². The summed E-state index contributed by atoms with van der Waals surface area (Å²) in [6.45, 7) is 5.27. The molecule has 16 heavy (non-hydrogen) atoms. The Bertz CT molecular complexity index is 382. The van der Waals surface area contributed by atoms with Crippen LogP contribution in [0.4, 0.5) is 0 Å². The fraction of sp³-hybridized carbons (Fsp3) is 0.500. The highest BCUT2D eigenvalue weighted by molar-refractivity contribution is 5.81. The number of carbonyl (C=O) groups excluding carboxylic acids is 1. The molecule has 1 heterocycles. The van der Waals surface area contributed by atoms with Crippen LogP contribution in [0.5, 0.6) is 0 Å². The Kier molecular flexibility index (Phi) is 3.39. The van der Waals surface area contributed by atoms with Crippen LogP contribution in [0.1, 0.15) is 37.3 Å². The van der Waals surface area contributed by atoms with E-state index in [-0.39, 0.29) is 11.8 Å². The predicted molar refractivity (Wildman–Crippen MR) is 63.3 cm³/mol. The second kappa shape index (κ2) is 4.79.